The number of benzene rings is 2. The van der Waals surface area contributed by atoms with Gasteiger partial charge in [-0.3, -0.25) is 9.59 Å². The lowest BCUT2D eigenvalue weighted by atomic mass is 10.2. The predicted octanol–water partition coefficient (Wildman–Crippen LogP) is 3.16. The fourth-order valence-corrected chi connectivity index (χ4v) is 2.22. The van der Waals surface area contributed by atoms with Crippen molar-refractivity contribution in [3.05, 3.63) is 58.3 Å². The summed E-state index contributed by atoms with van der Waals surface area (Å²) in [6.45, 7) is 0. The number of nitrogens with one attached hydrogen (secondary N) is 2. The summed E-state index contributed by atoms with van der Waals surface area (Å²) < 4.78 is 13.3. The van der Waals surface area contributed by atoms with Gasteiger partial charge in [0.25, 0.3) is 0 Å². The molecule has 2 aromatic rings. The highest BCUT2D eigenvalue weighted by molar-refractivity contribution is 9.10. The lowest BCUT2D eigenvalue weighted by Crippen LogP contribution is -2.20. The quantitative estimate of drug-likeness (QED) is 0.507. The van der Waals surface area contributed by atoms with E-state index in [1.54, 1.807) is 12.1 Å². The highest BCUT2D eigenvalue weighted by Crippen LogP contribution is 2.23. The highest BCUT2D eigenvalue weighted by Gasteiger charge is 2.07. The van der Waals surface area contributed by atoms with E-state index in [-0.39, 0.29) is 24.5 Å². The minimum absolute atomic E-state index is 0.0243. The molecule has 0 unspecified atom stereocenters. The zero-order valence-corrected chi connectivity index (χ0v) is 14.6. The van der Waals surface area contributed by atoms with Crippen LogP contribution in [0.25, 0.3) is 0 Å². The van der Waals surface area contributed by atoms with Gasteiger partial charge in [-0.1, -0.05) is 0 Å². The average molecular weight is 408 g/mol. The summed E-state index contributed by atoms with van der Waals surface area (Å²) in [4.78, 5) is 23.4. The lowest BCUT2D eigenvalue weighted by Gasteiger charge is -2.04. The third-order valence-electron chi connectivity index (χ3n) is 3.08. The van der Waals surface area contributed by atoms with Crippen LogP contribution in [0.4, 0.5) is 10.1 Å². The zero-order chi connectivity index (χ0) is 18.2. The molecule has 0 radical (unpaired) electrons. The molecule has 0 aromatic heterocycles. The molecule has 25 heavy (non-hydrogen) atoms. The molecule has 0 spiro atoms. The summed E-state index contributed by atoms with van der Waals surface area (Å²) in [7, 11) is 0. The molecule has 3 N–H and O–H groups in total. The van der Waals surface area contributed by atoms with Crippen molar-refractivity contribution in [3.63, 3.8) is 0 Å². The van der Waals surface area contributed by atoms with Crippen LogP contribution in [-0.4, -0.2) is 23.1 Å². The van der Waals surface area contributed by atoms with Crippen molar-refractivity contribution in [2.45, 2.75) is 12.8 Å². The van der Waals surface area contributed by atoms with Crippen LogP contribution in [0.3, 0.4) is 0 Å². The molecule has 0 aliphatic heterocycles. The van der Waals surface area contributed by atoms with Gasteiger partial charge in [-0.05, 0) is 64.0 Å². The van der Waals surface area contributed by atoms with Crippen molar-refractivity contribution in [1.29, 1.82) is 0 Å². The Kier molecular flexibility index (Phi) is 6.64. The fraction of sp³-hybridized carbons (Fsp3) is 0.118. The molecule has 0 fully saturated rings. The Hall–Kier alpha value is -2.74. The summed E-state index contributed by atoms with van der Waals surface area (Å²) in [6.07, 6.45) is 1.35. The molecule has 0 atom stereocenters. The molecule has 0 saturated carbocycles. The van der Waals surface area contributed by atoms with Gasteiger partial charge in [0, 0.05) is 18.5 Å². The van der Waals surface area contributed by atoms with Gasteiger partial charge < -0.3 is 10.4 Å². The van der Waals surface area contributed by atoms with Crippen LogP contribution in [0.2, 0.25) is 0 Å². The van der Waals surface area contributed by atoms with Gasteiger partial charge in [0.2, 0.25) is 11.8 Å². The van der Waals surface area contributed by atoms with Crippen LogP contribution in [0, 0.1) is 5.82 Å². The number of anilines is 1. The molecule has 8 heteroatoms. The molecular formula is C17H15BrFN3O3. The Morgan fingerprint density at radius 2 is 1.80 bits per heavy atom. The second kappa shape index (κ2) is 8.93. The Balaban J connectivity index is 1.74. The maximum atomic E-state index is 12.8. The summed E-state index contributed by atoms with van der Waals surface area (Å²) >= 11 is 3.17. The molecule has 2 rings (SSSR count). The van der Waals surface area contributed by atoms with E-state index < -0.39 is 11.7 Å². The van der Waals surface area contributed by atoms with Crippen LogP contribution >= 0.6 is 15.9 Å². The average Bonchev–Trinajstić information content (AvgIpc) is 2.58. The van der Waals surface area contributed by atoms with Gasteiger partial charge in [0.1, 0.15) is 11.6 Å². The number of phenolic OH excluding ortho intramolecular Hbond substituents is 1. The summed E-state index contributed by atoms with van der Waals surface area (Å²) in [5, 5.41) is 15.7. The monoisotopic (exact) mass is 407 g/mol. The molecule has 2 amide bonds. The molecule has 0 heterocycles. The van der Waals surface area contributed by atoms with E-state index in [0.29, 0.717) is 15.7 Å². The largest absolute Gasteiger partial charge is 0.507 e. The third kappa shape index (κ3) is 6.34. The molecule has 0 aliphatic carbocycles. The minimum Gasteiger partial charge on any atom is -0.507 e. The van der Waals surface area contributed by atoms with E-state index in [1.807, 2.05) is 0 Å². The first-order valence-electron chi connectivity index (χ1n) is 7.30. The minimum atomic E-state index is -0.414. The fourth-order valence-electron chi connectivity index (χ4n) is 1.82. The topological polar surface area (TPSA) is 90.8 Å². The van der Waals surface area contributed by atoms with Gasteiger partial charge in [0.05, 0.1) is 10.7 Å². The Morgan fingerprint density at radius 3 is 2.48 bits per heavy atom. The normalized spacial score (nSPS) is 10.6. The summed E-state index contributed by atoms with van der Waals surface area (Å²) in [6, 6.07) is 10.1. The van der Waals surface area contributed by atoms with E-state index >= 15 is 0 Å². The number of halogens is 2. The molecule has 0 aliphatic rings. The van der Waals surface area contributed by atoms with Crippen molar-refractivity contribution >= 4 is 39.6 Å². The van der Waals surface area contributed by atoms with Crippen molar-refractivity contribution in [2.24, 2.45) is 5.10 Å². The standard InChI is InChI=1S/C17H15BrFN3O3/c18-14-9-11(1-6-15(14)23)10-20-22-17(25)8-7-16(24)21-13-4-2-12(19)3-5-13/h1-6,9-10,23H,7-8H2,(H,21,24)(H,22,25)/b20-10+. The van der Waals surface area contributed by atoms with E-state index in [1.165, 1.54) is 36.5 Å². The Bertz CT molecular complexity index is 794. The van der Waals surface area contributed by atoms with Crippen LogP contribution < -0.4 is 10.7 Å². The number of hydrazone groups is 1. The first kappa shape index (κ1) is 18.6. The van der Waals surface area contributed by atoms with Crippen LogP contribution in [-0.2, 0) is 9.59 Å². The number of hydrogen-bond donors (Lipinski definition) is 3. The number of nitrogens with zero attached hydrogens (tertiary/aromatic N) is 1. The number of rotatable bonds is 6. The van der Waals surface area contributed by atoms with Gasteiger partial charge in [-0.25, -0.2) is 9.82 Å². The summed E-state index contributed by atoms with van der Waals surface area (Å²) in [5.74, 6) is -1.05. The molecular weight excluding hydrogens is 393 g/mol. The second-order valence-electron chi connectivity index (χ2n) is 5.06. The maximum absolute atomic E-state index is 12.8. The highest BCUT2D eigenvalue weighted by atomic mass is 79.9. The molecule has 130 valence electrons. The smallest absolute Gasteiger partial charge is 0.240 e. The second-order valence-corrected chi connectivity index (χ2v) is 5.91. The van der Waals surface area contributed by atoms with Crippen LogP contribution in [0.15, 0.2) is 52.0 Å². The number of carbonyl (C=O) groups excluding carboxylic acids is 2. The number of amides is 2. The van der Waals surface area contributed by atoms with Crippen molar-refractivity contribution < 1.29 is 19.1 Å². The first-order chi connectivity index (χ1) is 11.9. The van der Waals surface area contributed by atoms with Gasteiger partial charge >= 0.3 is 0 Å². The lowest BCUT2D eigenvalue weighted by molar-refractivity contribution is -0.124. The van der Waals surface area contributed by atoms with E-state index in [9.17, 15) is 19.1 Å². The SMILES string of the molecule is O=C(CCC(=O)Nc1ccc(F)cc1)N/N=C/c1ccc(O)c(Br)c1. The van der Waals surface area contributed by atoms with Crippen molar-refractivity contribution in [3.8, 4) is 5.75 Å². The predicted molar refractivity (Wildman–Crippen MR) is 95.8 cm³/mol. The first-order valence-corrected chi connectivity index (χ1v) is 8.09. The van der Waals surface area contributed by atoms with E-state index in [2.05, 4.69) is 31.8 Å². The number of hydrogen-bond acceptors (Lipinski definition) is 4. The summed E-state index contributed by atoms with van der Waals surface area (Å²) in [5.41, 5.74) is 3.46. The zero-order valence-electron chi connectivity index (χ0n) is 13.0. The molecule has 6 nitrogen and oxygen atoms in total. The number of carbonyl (C=O) groups is 2. The van der Waals surface area contributed by atoms with Crippen LogP contribution in [0.1, 0.15) is 18.4 Å². The van der Waals surface area contributed by atoms with E-state index in [4.69, 9.17) is 0 Å². The number of phenols is 1. The molecule has 2 aromatic carbocycles. The maximum Gasteiger partial charge on any atom is 0.240 e. The Labute approximate surface area is 151 Å². The van der Waals surface area contributed by atoms with Crippen molar-refractivity contribution in [1.82, 2.24) is 5.43 Å². The van der Waals surface area contributed by atoms with Crippen LogP contribution in [0.5, 0.6) is 5.75 Å². The van der Waals surface area contributed by atoms with Gasteiger partial charge in [-0.2, -0.15) is 5.10 Å². The molecule has 0 bridgehead atoms. The van der Waals surface area contributed by atoms with Gasteiger partial charge in [-0.15, -0.1) is 0 Å². The molecule has 0 saturated heterocycles. The Morgan fingerprint density at radius 1 is 1.12 bits per heavy atom. The number of aromatic hydroxyl groups is 1. The van der Waals surface area contributed by atoms with E-state index in [0.717, 1.165) is 0 Å². The third-order valence-corrected chi connectivity index (χ3v) is 3.72. The van der Waals surface area contributed by atoms with Crippen molar-refractivity contribution in [2.75, 3.05) is 5.32 Å². The van der Waals surface area contributed by atoms with Gasteiger partial charge in [0.15, 0.2) is 0 Å².